The quantitative estimate of drug-likeness (QED) is 0.378. The van der Waals surface area contributed by atoms with Crippen molar-refractivity contribution in [1.29, 1.82) is 0 Å². The fraction of sp³-hybridized carbons (Fsp3) is 0.357. The number of imidazole rings is 1. The van der Waals surface area contributed by atoms with Gasteiger partial charge in [0.15, 0.2) is 4.96 Å². The molecule has 1 saturated heterocycles. The molecule has 1 aliphatic heterocycles. The summed E-state index contributed by atoms with van der Waals surface area (Å²) in [6, 6.07) is 9.74. The van der Waals surface area contributed by atoms with Crippen molar-refractivity contribution < 1.29 is 23.5 Å². The average Bonchev–Trinajstić information content (AvgIpc) is 3.45. The van der Waals surface area contributed by atoms with Gasteiger partial charge in [-0.1, -0.05) is 11.3 Å². The number of ether oxygens (including phenoxy) is 1. The van der Waals surface area contributed by atoms with E-state index < -0.39 is 11.4 Å². The van der Waals surface area contributed by atoms with E-state index in [2.05, 4.69) is 15.6 Å². The van der Waals surface area contributed by atoms with Gasteiger partial charge in [0.1, 0.15) is 11.4 Å². The molecule has 0 atom stereocenters. The highest BCUT2D eigenvalue weighted by molar-refractivity contribution is 7.23. The van der Waals surface area contributed by atoms with Crippen LogP contribution in [0.3, 0.4) is 0 Å². The molecule has 2 aromatic carbocycles. The van der Waals surface area contributed by atoms with E-state index in [9.17, 15) is 18.8 Å². The summed E-state index contributed by atoms with van der Waals surface area (Å²) < 4.78 is 22.9. The summed E-state index contributed by atoms with van der Waals surface area (Å²) >= 11 is 1.41. The zero-order valence-corrected chi connectivity index (χ0v) is 23.0. The lowest BCUT2D eigenvalue weighted by Crippen LogP contribution is -2.47. The number of hydrogen-bond acceptors (Lipinski definition) is 6. The molecule has 2 N–H and O–H groups in total. The Morgan fingerprint density at radius 2 is 1.74 bits per heavy atom. The lowest BCUT2D eigenvalue weighted by Gasteiger charge is -2.33. The fourth-order valence-corrected chi connectivity index (χ4v) is 5.63. The number of nitrogens with one attached hydrogen (secondary N) is 2. The van der Waals surface area contributed by atoms with Crippen molar-refractivity contribution in [2.24, 2.45) is 0 Å². The maximum atomic E-state index is 14.7. The monoisotopic (exact) mass is 551 g/mol. The molecule has 0 bridgehead atoms. The molecular weight excluding hydrogens is 521 g/mol. The maximum Gasteiger partial charge on any atom is 0.410 e. The SMILES string of the molecule is CNC(=O)c1ccc(-c2cn3c(n2)sc2cc(C(=O)NC4CCN(C(=O)OC(C)(C)C)CC4)ccc23)c(F)c1. The van der Waals surface area contributed by atoms with Gasteiger partial charge in [0.25, 0.3) is 11.8 Å². The Balaban J connectivity index is 1.27. The van der Waals surface area contributed by atoms with Crippen LogP contribution in [0, 0.1) is 5.82 Å². The minimum absolute atomic E-state index is 0.0280. The molecule has 0 radical (unpaired) electrons. The summed E-state index contributed by atoms with van der Waals surface area (Å²) in [6.07, 6.45) is 2.74. The van der Waals surface area contributed by atoms with Crippen LogP contribution in [0.15, 0.2) is 42.6 Å². The number of rotatable bonds is 4. The number of benzene rings is 2. The number of fused-ring (bicyclic) bond motifs is 3. The molecule has 0 saturated carbocycles. The van der Waals surface area contributed by atoms with E-state index >= 15 is 0 Å². The number of carbonyl (C=O) groups is 3. The van der Waals surface area contributed by atoms with E-state index in [4.69, 9.17) is 4.74 Å². The van der Waals surface area contributed by atoms with E-state index in [1.54, 1.807) is 29.3 Å². The molecule has 2 aromatic heterocycles. The highest BCUT2D eigenvalue weighted by Gasteiger charge is 2.28. The van der Waals surface area contributed by atoms with Gasteiger partial charge in [-0.05, 0) is 70.0 Å². The molecule has 5 rings (SSSR count). The van der Waals surface area contributed by atoms with E-state index in [0.29, 0.717) is 47.7 Å². The standard InChI is InChI=1S/C28H30FN5O4S/c1-28(2,3)38-27(37)33-11-9-18(10-12-33)31-25(36)17-6-8-22-23(14-17)39-26-32-21(15-34(22)26)19-7-5-16(13-20(19)29)24(35)30-4/h5-8,13-15,18H,9-12H2,1-4H3,(H,30,35)(H,31,36). The molecule has 1 aliphatic rings. The van der Waals surface area contributed by atoms with Crippen molar-refractivity contribution in [3.05, 3.63) is 59.5 Å². The highest BCUT2D eigenvalue weighted by Crippen LogP contribution is 2.31. The van der Waals surface area contributed by atoms with Crippen LogP contribution in [-0.4, -0.2) is 64.0 Å². The number of carbonyl (C=O) groups excluding carboxylic acids is 3. The van der Waals surface area contributed by atoms with Crippen LogP contribution in [0.5, 0.6) is 0 Å². The minimum atomic E-state index is -0.540. The van der Waals surface area contributed by atoms with Gasteiger partial charge < -0.3 is 20.3 Å². The summed E-state index contributed by atoms with van der Waals surface area (Å²) in [5.74, 6) is -1.05. The number of amides is 3. The molecular formula is C28H30FN5O4S. The second kappa shape index (κ2) is 10.3. The second-order valence-corrected chi connectivity index (χ2v) is 11.6. The molecule has 3 amide bonds. The molecule has 1 fully saturated rings. The van der Waals surface area contributed by atoms with Crippen LogP contribution >= 0.6 is 11.3 Å². The summed E-state index contributed by atoms with van der Waals surface area (Å²) in [4.78, 5) is 44.0. The number of thiazole rings is 1. The summed E-state index contributed by atoms with van der Waals surface area (Å²) in [5.41, 5.74) is 1.87. The Morgan fingerprint density at radius 1 is 1.05 bits per heavy atom. The molecule has 3 heterocycles. The molecule has 4 aromatic rings. The Morgan fingerprint density at radius 3 is 2.41 bits per heavy atom. The fourth-order valence-electron chi connectivity index (χ4n) is 4.58. The Kier molecular flexibility index (Phi) is 7.02. The van der Waals surface area contributed by atoms with E-state index in [1.165, 1.54) is 24.5 Å². The van der Waals surface area contributed by atoms with Gasteiger partial charge in [0.05, 0.1) is 15.9 Å². The smallest absolute Gasteiger partial charge is 0.410 e. The third-order valence-electron chi connectivity index (χ3n) is 6.57. The third kappa shape index (κ3) is 5.58. The summed E-state index contributed by atoms with van der Waals surface area (Å²) in [5, 5.41) is 5.56. The first-order chi connectivity index (χ1) is 18.5. The van der Waals surface area contributed by atoms with Crippen molar-refractivity contribution in [1.82, 2.24) is 24.9 Å². The molecule has 204 valence electrons. The zero-order chi connectivity index (χ0) is 27.9. The maximum absolute atomic E-state index is 14.7. The molecule has 11 heteroatoms. The first-order valence-electron chi connectivity index (χ1n) is 12.7. The van der Waals surface area contributed by atoms with E-state index in [0.717, 1.165) is 10.2 Å². The van der Waals surface area contributed by atoms with Crippen LogP contribution < -0.4 is 10.6 Å². The first kappa shape index (κ1) is 26.6. The molecule has 9 nitrogen and oxygen atoms in total. The topological polar surface area (TPSA) is 105 Å². The van der Waals surface area contributed by atoms with E-state index in [-0.39, 0.29) is 29.5 Å². The number of piperidine rings is 1. The molecule has 0 aliphatic carbocycles. The Hall–Kier alpha value is -3.99. The van der Waals surface area contributed by atoms with Crippen molar-refractivity contribution in [3.63, 3.8) is 0 Å². The largest absolute Gasteiger partial charge is 0.444 e. The van der Waals surface area contributed by atoms with Gasteiger partial charge in [-0.2, -0.15) is 0 Å². The van der Waals surface area contributed by atoms with Crippen LogP contribution in [0.1, 0.15) is 54.3 Å². The van der Waals surface area contributed by atoms with Gasteiger partial charge in [-0.3, -0.25) is 14.0 Å². The van der Waals surface area contributed by atoms with Crippen LogP contribution in [0.4, 0.5) is 9.18 Å². The Labute approximate surface area is 229 Å². The van der Waals surface area contributed by atoms with Crippen LogP contribution in [0.25, 0.3) is 26.4 Å². The second-order valence-electron chi connectivity index (χ2n) is 10.6. The van der Waals surface area contributed by atoms with Crippen LogP contribution in [0.2, 0.25) is 0 Å². The van der Waals surface area contributed by atoms with Gasteiger partial charge >= 0.3 is 6.09 Å². The van der Waals surface area contributed by atoms with Gasteiger partial charge in [0.2, 0.25) is 0 Å². The number of nitrogens with zero attached hydrogens (tertiary/aromatic N) is 3. The minimum Gasteiger partial charge on any atom is -0.444 e. The van der Waals surface area contributed by atoms with Crippen molar-refractivity contribution >= 4 is 44.4 Å². The van der Waals surface area contributed by atoms with Crippen molar-refractivity contribution in [3.8, 4) is 11.3 Å². The molecule has 0 spiro atoms. The van der Waals surface area contributed by atoms with Crippen molar-refractivity contribution in [2.45, 2.75) is 45.3 Å². The molecule has 39 heavy (non-hydrogen) atoms. The van der Waals surface area contributed by atoms with Crippen molar-refractivity contribution in [2.75, 3.05) is 20.1 Å². The zero-order valence-electron chi connectivity index (χ0n) is 22.2. The van der Waals surface area contributed by atoms with Crippen LogP contribution in [-0.2, 0) is 4.74 Å². The summed E-state index contributed by atoms with van der Waals surface area (Å²) in [6.45, 7) is 6.57. The number of aromatic nitrogens is 2. The van der Waals surface area contributed by atoms with Gasteiger partial charge in [-0.15, -0.1) is 0 Å². The lowest BCUT2D eigenvalue weighted by molar-refractivity contribution is 0.0199. The lowest BCUT2D eigenvalue weighted by atomic mass is 10.0. The third-order valence-corrected chi connectivity index (χ3v) is 7.59. The average molecular weight is 552 g/mol. The van der Waals surface area contributed by atoms with E-state index in [1.807, 2.05) is 37.3 Å². The first-order valence-corrected chi connectivity index (χ1v) is 13.6. The van der Waals surface area contributed by atoms with Gasteiger partial charge in [0, 0.05) is 49.1 Å². The number of hydrogen-bond donors (Lipinski definition) is 2. The predicted octanol–water partition coefficient (Wildman–Crippen LogP) is 4.84. The summed E-state index contributed by atoms with van der Waals surface area (Å²) in [7, 11) is 1.50. The normalized spacial score (nSPS) is 14.5. The van der Waals surface area contributed by atoms with Gasteiger partial charge in [-0.25, -0.2) is 14.2 Å². The highest BCUT2D eigenvalue weighted by atomic mass is 32.1. The number of likely N-dealkylation sites (tertiary alicyclic amines) is 1. The number of halogens is 1. The predicted molar refractivity (Wildman–Crippen MR) is 148 cm³/mol. The molecule has 0 unspecified atom stereocenters. The Bertz CT molecular complexity index is 1580.